The Hall–Kier alpha value is -3.39. The number of carbonyl (C=O) groups excluding carboxylic acids is 2. The molecule has 2 amide bonds. The predicted octanol–water partition coefficient (Wildman–Crippen LogP) is 4.85. The zero-order chi connectivity index (χ0) is 26.8. The third kappa shape index (κ3) is 5.64. The van der Waals surface area contributed by atoms with Crippen molar-refractivity contribution in [3.8, 4) is 0 Å². The second-order valence-corrected chi connectivity index (χ2v) is 12.3. The first-order valence-electron chi connectivity index (χ1n) is 12.7. The number of nitrogens with one attached hydrogen (secondary N) is 1. The molecule has 0 bridgehead atoms. The fraction of sp³-hybridized carbons (Fsp3) is 0.379. The molecule has 8 heteroatoms. The van der Waals surface area contributed by atoms with E-state index in [1.54, 1.807) is 17.0 Å². The van der Waals surface area contributed by atoms with E-state index in [2.05, 4.69) is 5.32 Å². The van der Waals surface area contributed by atoms with Gasteiger partial charge in [0.05, 0.1) is 10.6 Å². The van der Waals surface area contributed by atoms with Crippen LogP contribution in [0.5, 0.6) is 0 Å². The molecular weight excluding hydrogens is 486 g/mol. The number of nitrogens with zero attached hydrogens (tertiary/aromatic N) is 2. The summed E-state index contributed by atoms with van der Waals surface area (Å²) in [6.45, 7) is 8.13. The Labute approximate surface area is 219 Å². The maximum atomic E-state index is 13.5. The Morgan fingerprint density at radius 3 is 2.30 bits per heavy atom. The van der Waals surface area contributed by atoms with Gasteiger partial charge in [0.1, 0.15) is 6.04 Å². The summed E-state index contributed by atoms with van der Waals surface area (Å²) in [6.07, 6.45) is 0.938. The molecule has 0 aromatic heterocycles. The first-order chi connectivity index (χ1) is 17.5. The molecule has 7 nitrogen and oxygen atoms in total. The summed E-state index contributed by atoms with van der Waals surface area (Å²) in [5.74, 6) is -0.365. The van der Waals surface area contributed by atoms with E-state index in [9.17, 15) is 18.0 Å². The van der Waals surface area contributed by atoms with E-state index in [4.69, 9.17) is 0 Å². The lowest BCUT2D eigenvalue weighted by molar-refractivity contribution is -0.142. The number of benzene rings is 3. The van der Waals surface area contributed by atoms with Gasteiger partial charge in [0.15, 0.2) is 0 Å². The summed E-state index contributed by atoms with van der Waals surface area (Å²) in [6, 6.07) is 19.8. The lowest BCUT2D eigenvalue weighted by atomic mass is 10.0. The van der Waals surface area contributed by atoms with Crippen LogP contribution in [-0.2, 0) is 26.2 Å². The third-order valence-corrected chi connectivity index (χ3v) is 8.37. The Balaban J connectivity index is 1.52. The van der Waals surface area contributed by atoms with Crippen LogP contribution in [0.4, 0.5) is 5.69 Å². The summed E-state index contributed by atoms with van der Waals surface area (Å²) in [7, 11) is -3.68. The van der Waals surface area contributed by atoms with Crippen molar-refractivity contribution in [2.24, 2.45) is 0 Å². The molecule has 1 heterocycles. The van der Waals surface area contributed by atoms with Crippen molar-refractivity contribution in [2.45, 2.75) is 70.0 Å². The molecule has 1 N–H and O–H groups in total. The molecule has 3 aromatic rings. The summed E-state index contributed by atoms with van der Waals surface area (Å²) in [4.78, 5) is 28.6. The van der Waals surface area contributed by atoms with E-state index in [0.29, 0.717) is 30.0 Å². The fourth-order valence-electron chi connectivity index (χ4n) is 4.87. The Morgan fingerprint density at radius 2 is 1.65 bits per heavy atom. The number of rotatable bonds is 9. The first-order valence-corrected chi connectivity index (χ1v) is 14.2. The molecule has 3 aromatic carbocycles. The molecule has 196 valence electrons. The molecule has 0 fully saturated rings. The largest absolute Gasteiger partial charge is 0.350 e. The van der Waals surface area contributed by atoms with Gasteiger partial charge in [-0.2, -0.15) is 0 Å². The van der Waals surface area contributed by atoms with Gasteiger partial charge in [-0.3, -0.25) is 13.9 Å². The van der Waals surface area contributed by atoms with Crippen LogP contribution in [-0.4, -0.2) is 43.3 Å². The molecule has 0 saturated heterocycles. The molecule has 0 unspecified atom stereocenters. The second-order valence-electron chi connectivity index (χ2n) is 10.5. The zero-order valence-corrected chi connectivity index (χ0v) is 22.7. The molecule has 1 aliphatic rings. The fourth-order valence-corrected chi connectivity index (χ4v) is 6.62. The highest BCUT2D eigenvalue weighted by atomic mass is 32.2. The zero-order valence-electron chi connectivity index (χ0n) is 21.9. The minimum absolute atomic E-state index is 0.129. The van der Waals surface area contributed by atoms with Gasteiger partial charge in [-0.15, -0.1) is 0 Å². The maximum absolute atomic E-state index is 13.5. The average molecular weight is 522 g/mol. The highest BCUT2D eigenvalue weighted by Crippen LogP contribution is 2.42. The van der Waals surface area contributed by atoms with Crippen molar-refractivity contribution < 1.29 is 18.0 Å². The van der Waals surface area contributed by atoms with E-state index in [0.717, 1.165) is 16.3 Å². The Kier molecular flexibility index (Phi) is 7.59. The summed E-state index contributed by atoms with van der Waals surface area (Å²) < 4.78 is 27.9. The normalized spacial score (nSPS) is 15.0. The van der Waals surface area contributed by atoms with Crippen LogP contribution in [0.1, 0.15) is 52.5 Å². The standard InChI is InChI=1S/C29H35N3O4S/c1-5-23(28(34)30-29(2,3)4)31(20-21-12-7-6-8-13-21)26(33)18-11-19-32-24-16-9-14-22-15-10-17-25(27(22)24)37(32,35)36/h6-10,12-17,23H,5,11,18-20H2,1-4H3,(H,30,34)/t23-/m0/s1. The van der Waals surface area contributed by atoms with Crippen molar-refractivity contribution in [1.29, 1.82) is 0 Å². The highest BCUT2D eigenvalue weighted by Gasteiger charge is 2.36. The van der Waals surface area contributed by atoms with Gasteiger partial charge in [-0.1, -0.05) is 61.5 Å². The maximum Gasteiger partial charge on any atom is 0.265 e. The molecule has 1 atom stereocenters. The monoisotopic (exact) mass is 521 g/mol. The summed E-state index contributed by atoms with van der Waals surface area (Å²) >= 11 is 0. The smallest absolute Gasteiger partial charge is 0.265 e. The van der Waals surface area contributed by atoms with Crippen molar-refractivity contribution >= 4 is 38.3 Å². The topological polar surface area (TPSA) is 86.8 Å². The van der Waals surface area contributed by atoms with E-state index < -0.39 is 21.6 Å². The highest BCUT2D eigenvalue weighted by molar-refractivity contribution is 7.93. The number of hydrogen-bond donors (Lipinski definition) is 1. The summed E-state index contributed by atoms with van der Waals surface area (Å²) in [5.41, 5.74) is 1.16. The minimum Gasteiger partial charge on any atom is -0.350 e. The first kappa shape index (κ1) is 26.7. The number of anilines is 1. The van der Waals surface area contributed by atoms with Gasteiger partial charge in [-0.05, 0) is 56.7 Å². The van der Waals surface area contributed by atoms with Crippen molar-refractivity contribution in [1.82, 2.24) is 10.2 Å². The third-order valence-electron chi connectivity index (χ3n) is 6.51. The van der Waals surface area contributed by atoms with Crippen LogP contribution < -0.4 is 9.62 Å². The van der Waals surface area contributed by atoms with Gasteiger partial charge in [-0.25, -0.2) is 8.42 Å². The van der Waals surface area contributed by atoms with Crippen LogP contribution in [0.2, 0.25) is 0 Å². The Bertz CT molecular complexity index is 1390. The molecule has 0 radical (unpaired) electrons. The van der Waals surface area contributed by atoms with Crippen LogP contribution in [0, 0.1) is 0 Å². The van der Waals surface area contributed by atoms with E-state index >= 15 is 0 Å². The molecule has 0 spiro atoms. The lowest BCUT2D eigenvalue weighted by Gasteiger charge is -2.33. The second kappa shape index (κ2) is 10.5. The average Bonchev–Trinajstić information content (AvgIpc) is 3.06. The van der Waals surface area contributed by atoms with Crippen LogP contribution in [0.25, 0.3) is 10.8 Å². The quantitative estimate of drug-likeness (QED) is 0.436. The molecule has 0 aliphatic carbocycles. The van der Waals surface area contributed by atoms with Crippen molar-refractivity contribution in [3.05, 3.63) is 72.3 Å². The lowest BCUT2D eigenvalue weighted by Crippen LogP contribution is -2.53. The van der Waals surface area contributed by atoms with Crippen LogP contribution in [0.3, 0.4) is 0 Å². The van der Waals surface area contributed by atoms with Crippen LogP contribution >= 0.6 is 0 Å². The SMILES string of the molecule is CC[C@@H](C(=O)NC(C)(C)C)N(Cc1ccccc1)C(=O)CCCN1c2cccc3cccc(c23)S1(=O)=O. The number of amides is 2. The van der Waals surface area contributed by atoms with Gasteiger partial charge >= 0.3 is 0 Å². The number of carbonyl (C=O) groups is 2. The van der Waals surface area contributed by atoms with E-state index in [1.807, 2.05) is 82.3 Å². The molecule has 1 aliphatic heterocycles. The summed E-state index contributed by atoms with van der Waals surface area (Å²) in [5, 5.41) is 4.61. The van der Waals surface area contributed by atoms with Gasteiger partial charge in [0.25, 0.3) is 10.0 Å². The van der Waals surface area contributed by atoms with E-state index in [1.165, 1.54) is 4.31 Å². The van der Waals surface area contributed by atoms with Gasteiger partial charge in [0.2, 0.25) is 11.8 Å². The molecule has 0 saturated carbocycles. The molecular formula is C29H35N3O4S. The predicted molar refractivity (Wildman–Crippen MR) is 147 cm³/mol. The van der Waals surface area contributed by atoms with Crippen molar-refractivity contribution in [3.63, 3.8) is 0 Å². The van der Waals surface area contributed by atoms with E-state index in [-0.39, 0.29) is 24.8 Å². The Morgan fingerprint density at radius 1 is 0.973 bits per heavy atom. The van der Waals surface area contributed by atoms with Gasteiger partial charge in [0, 0.05) is 30.4 Å². The van der Waals surface area contributed by atoms with Crippen molar-refractivity contribution in [2.75, 3.05) is 10.8 Å². The number of sulfonamides is 1. The minimum atomic E-state index is -3.68. The molecule has 4 rings (SSSR count). The molecule has 37 heavy (non-hydrogen) atoms. The van der Waals surface area contributed by atoms with Crippen LogP contribution in [0.15, 0.2) is 71.6 Å². The number of hydrogen-bond acceptors (Lipinski definition) is 4. The van der Waals surface area contributed by atoms with Gasteiger partial charge < -0.3 is 10.2 Å².